The molecule has 0 unspecified atom stereocenters. The first-order valence-electron chi connectivity index (χ1n) is 9.75. The number of rotatable bonds is 5. The molecule has 1 aliphatic rings. The van der Waals surface area contributed by atoms with Crippen LogP contribution in [0, 0.1) is 6.92 Å². The maximum absolute atomic E-state index is 13.3. The molecule has 0 saturated carbocycles. The number of carbonyl (C=O) groups is 1. The van der Waals surface area contributed by atoms with E-state index < -0.39 is 0 Å². The predicted octanol–water partition coefficient (Wildman–Crippen LogP) is 4.42. The second-order valence-electron chi connectivity index (χ2n) is 7.23. The first-order valence-corrected chi connectivity index (χ1v) is 9.75. The second-order valence-corrected chi connectivity index (χ2v) is 7.23. The van der Waals surface area contributed by atoms with Gasteiger partial charge in [0.05, 0.1) is 11.7 Å². The van der Waals surface area contributed by atoms with Crippen LogP contribution in [0.4, 0.5) is 0 Å². The lowest BCUT2D eigenvalue weighted by atomic mass is 10.0. The number of allylic oxidation sites excluding steroid dienone is 2. The molecule has 3 aromatic rings. The Morgan fingerprint density at radius 3 is 2.76 bits per heavy atom. The zero-order valence-corrected chi connectivity index (χ0v) is 16.7. The van der Waals surface area contributed by atoms with Crippen LogP contribution >= 0.6 is 0 Å². The summed E-state index contributed by atoms with van der Waals surface area (Å²) in [6.07, 6.45) is 7.26. The van der Waals surface area contributed by atoms with E-state index in [1.54, 1.807) is 17.0 Å². The fraction of sp³-hybridized carbons (Fsp3) is 0.261. The third-order valence-corrected chi connectivity index (χ3v) is 5.48. The molecule has 148 valence electrons. The highest BCUT2D eigenvalue weighted by molar-refractivity contribution is 5.95. The van der Waals surface area contributed by atoms with Crippen LogP contribution in [0.2, 0.25) is 0 Å². The van der Waals surface area contributed by atoms with Crippen LogP contribution in [-0.4, -0.2) is 32.3 Å². The van der Waals surface area contributed by atoms with Crippen molar-refractivity contribution in [1.82, 2.24) is 19.8 Å². The normalized spacial score (nSPS) is 17.0. The van der Waals surface area contributed by atoms with Gasteiger partial charge in [0, 0.05) is 30.9 Å². The Balaban J connectivity index is 1.63. The molecule has 2 aromatic heterocycles. The Kier molecular flexibility index (Phi) is 5.16. The molecule has 29 heavy (non-hydrogen) atoms. The van der Waals surface area contributed by atoms with E-state index >= 15 is 0 Å². The maximum atomic E-state index is 13.3. The molecule has 6 heteroatoms. The lowest BCUT2D eigenvalue weighted by Crippen LogP contribution is -2.31. The second kappa shape index (κ2) is 7.91. The van der Waals surface area contributed by atoms with E-state index in [9.17, 15) is 4.79 Å². The topological polar surface area (TPSA) is 64.2 Å². The van der Waals surface area contributed by atoms with E-state index in [1.807, 2.05) is 49.2 Å². The third kappa shape index (κ3) is 3.53. The molecule has 1 aromatic carbocycles. The fourth-order valence-corrected chi connectivity index (χ4v) is 3.89. The quantitative estimate of drug-likeness (QED) is 0.607. The average Bonchev–Trinajstić information content (AvgIpc) is 3.47. The number of carbonyl (C=O) groups excluding carboxylic acids is 1. The highest BCUT2D eigenvalue weighted by Crippen LogP contribution is 2.33. The first-order chi connectivity index (χ1) is 14.1. The molecule has 0 aliphatic carbocycles. The first kappa shape index (κ1) is 18.9. The fourth-order valence-electron chi connectivity index (χ4n) is 3.89. The van der Waals surface area contributed by atoms with Gasteiger partial charge in [0.1, 0.15) is 0 Å². The summed E-state index contributed by atoms with van der Waals surface area (Å²) in [7, 11) is 1.87. The number of hydrogen-bond acceptors (Lipinski definition) is 4. The minimum absolute atomic E-state index is 0.0805. The van der Waals surface area contributed by atoms with E-state index in [1.165, 1.54) is 0 Å². The average molecular weight is 388 g/mol. The van der Waals surface area contributed by atoms with E-state index in [-0.39, 0.29) is 11.9 Å². The molecular formula is C23H24N4O2. The van der Waals surface area contributed by atoms with Crippen LogP contribution in [0.5, 0.6) is 0 Å². The Morgan fingerprint density at radius 2 is 2.07 bits per heavy atom. The van der Waals surface area contributed by atoms with Gasteiger partial charge in [0.15, 0.2) is 11.5 Å². The van der Waals surface area contributed by atoms with Crippen molar-refractivity contribution < 1.29 is 9.32 Å². The summed E-state index contributed by atoms with van der Waals surface area (Å²) in [4.78, 5) is 15.2. The largest absolute Gasteiger partial charge is 0.356 e. The van der Waals surface area contributed by atoms with Crippen LogP contribution in [0.3, 0.4) is 0 Å². The zero-order valence-electron chi connectivity index (χ0n) is 16.7. The van der Waals surface area contributed by atoms with Crippen molar-refractivity contribution in [2.45, 2.75) is 25.8 Å². The molecule has 6 nitrogen and oxygen atoms in total. The van der Waals surface area contributed by atoms with Gasteiger partial charge in [0.2, 0.25) is 0 Å². The number of aryl methyl sites for hydroxylation is 1. The summed E-state index contributed by atoms with van der Waals surface area (Å²) in [5.74, 6) is 0.470. The molecular weight excluding hydrogens is 364 g/mol. The van der Waals surface area contributed by atoms with E-state index in [4.69, 9.17) is 4.52 Å². The summed E-state index contributed by atoms with van der Waals surface area (Å²) >= 11 is 0. The van der Waals surface area contributed by atoms with Crippen molar-refractivity contribution in [3.8, 4) is 0 Å². The summed E-state index contributed by atoms with van der Waals surface area (Å²) in [5.41, 5.74) is 4.02. The molecule has 0 spiro atoms. The van der Waals surface area contributed by atoms with Crippen molar-refractivity contribution in [2.75, 3.05) is 6.54 Å². The molecule has 3 heterocycles. The Labute approximate surface area is 170 Å². The number of likely N-dealkylation sites (tertiary alicyclic amines) is 1. The Hall–Kier alpha value is -3.41. The van der Waals surface area contributed by atoms with Gasteiger partial charge in [-0.05, 0) is 37.5 Å². The van der Waals surface area contributed by atoms with E-state index in [0.29, 0.717) is 11.5 Å². The van der Waals surface area contributed by atoms with Gasteiger partial charge in [-0.3, -0.25) is 9.48 Å². The third-order valence-electron chi connectivity index (χ3n) is 5.48. The van der Waals surface area contributed by atoms with Gasteiger partial charge < -0.3 is 9.42 Å². The maximum Gasteiger partial charge on any atom is 0.276 e. The standard InChI is InChI=1S/C23H24N4O2/c1-4-17(19-12-13-24-26(19)3)15-21-16(2)22(25-29-21)23(28)27-14-8-11-20(27)18-9-6-5-7-10-18/h4-7,9-10,12-13,15,20H,1,8,11,14H2,2-3H3/b17-15+/t20-/m0/s1. The number of benzene rings is 1. The van der Waals surface area contributed by atoms with Crippen molar-refractivity contribution >= 4 is 17.6 Å². The minimum Gasteiger partial charge on any atom is -0.356 e. The summed E-state index contributed by atoms with van der Waals surface area (Å²) in [6, 6.07) is 12.1. The molecule has 1 atom stereocenters. The molecule has 0 radical (unpaired) electrons. The summed E-state index contributed by atoms with van der Waals surface area (Å²) in [6.45, 7) is 6.48. The van der Waals surface area contributed by atoms with Crippen molar-refractivity contribution in [2.24, 2.45) is 7.05 Å². The molecule has 0 bridgehead atoms. The van der Waals surface area contributed by atoms with Gasteiger partial charge in [-0.1, -0.05) is 48.1 Å². The highest BCUT2D eigenvalue weighted by atomic mass is 16.5. The Bertz CT molecular complexity index is 1060. The van der Waals surface area contributed by atoms with E-state index in [2.05, 4.69) is 29.0 Å². The van der Waals surface area contributed by atoms with Gasteiger partial charge in [-0.25, -0.2) is 0 Å². The molecule has 0 N–H and O–H groups in total. The van der Waals surface area contributed by atoms with Crippen LogP contribution in [0.25, 0.3) is 11.6 Å². The monoisotopic (exact) mass is 388 g/mol. The van der Waals surface area contributed by atoms with Crippen LogP contribution in [-0.2, 0) is 7.05 Å². The number of amides is 1. The van der Waals surface area contributed by atoms with Crippen LogP contribution in [0.1, 0.15) is 52.0 Å². The van der Waals surface area contributed by atoms with Gasteiger partial charge >= 0.3 is 0 Å². The highest BCUT2D eigenvalue weighted by Gasteiger charge is 2.33. The van der Waals surface area contributed by atoms with Crippen molar-refractivity contribution in [3.63, 3.8) is 0 Å². The summed E-state index contributed by atoms with van der Waals surface area (Å²) in [5, 5.41) is 8.31. The van der Waals surface area contributed by atoms with E-state index in [0.717, 1.165) is 41.8 Å². The number of aromatic nitrogens is 3. The minimum atomic E-state index is -0.0852. The van der Waals surface area contributed by atoms with Gasteiger partial charge in [-0.2, -0.15) is 5.10 Å². The smallest absolute Gasteiger partial charge is 0.276 e. The zero-order chi connectivity index (χ0) is 20.4. The van der Waals surface area contributed by atoms with Crippen LogP contribution < -0.4 is 0 Å². The number of hydrogen-bond donors (Lipinski definition) is 0. The number of nitrogens with zero attached hydrogens (tertiary/aromatic N) is 4. The predicted molar refractivity (Wildman–Crippen MR) is 112 cm³/mol. The molecule has 1 fully saturated rings. The van der Waals surface area contributed by atoms with Gasteiger partial charge in [-0.15, -0.1) is 0 Å². The molecule has 4 rings (SSSR count). The van der Waals surface area contributed by atoms with Crippen molar-refractivity contribution in [1.29, 1.82) is 0 Å². The molecule has 1 aliphatic heterocycles. The van der Waals surface area contributed by atoms with Crippen LogP contribution in [0.15, 0.2) is 59.8 Å². The Morgan fingerprint density at radius 1 is 1.28 bits per heavy atom. The van der Waals surface area contributed by atoms with Crippen molar-refractivity contribution in [3.05, 3.63) is 83.5 Å². The lowest BCUT2D eigenvalue weighted by molar-refractivity contribution is 0.0724. The lowest BCUT2D eigenvalue weighted by Gasteiger charge is -2.24. The molecule has 1 saturated heterocycles. The van der Waals surface area contributed by atoms with Gasteiger partial charge in [0.25, 0.3) is 5.91 Å². The molecule has 1 amide bonds. The SMILES string of the molecule is C=C/C(=C\c1onc(C(=O)N2CCC[C@H]2c2ccccc2)c1C)c1ccnn1C. The summed E-state index contributed by atoms with van der Waals surface area (Å²) < 4.78 is 7.30.